The van der Waals surface area contributed by atoms with E-state index in [0.29, 0.717) is 22.5 Å². The van der Waals surface area contributed by atoms with Gasteiger partial charge >= 0.3 is 6.09 Å². The minimum Gasteiger partial charge on any atom is -0.445 e. The van der Waals surface area contributed by atoms with Crippen LogP contribution in [-0.4, -0.2) is 23.9 Å². The maximum atomic E-state index is 13.8. The largest absolute Gasteiger partial charge is 0.445 e. The minimum atomic E-state index is -1.24. The van der Waals surface area contributed by atoms with Crippen molar-refractivity contribution >= 4 is 23.4 Å². The Morgan fingerprint density at radius 3 is 2.60 bits per heavy atom. The number of amides is 2. The normalized spacial score (nSPS) is 15.3. The third-order valence-corrected chi connectivity index (χ3v) is 4.51. The van der Waals surface area contributed by atoms with Crippen molar-refractivity contribution in [2.24, 2.45) is 4.99 Å². The van der Waals surface area contributed by atoms with Crippen LogP contribution in [0.2, 0.25) is 0 Å². The fraction of sp³-hybridized carbons (Fsp3) is 0.0870. The molecule has 0 radical (unpaired) electrons. The fourth-order valence-electron chi connectivity index (χ4n) is 3.10. The molecule has 30 heavy (non-hydrogen) atoms. The van der Waals surface area contributed by atoms with Crippen LogP contribution >= 0.6 is 0 Å². The highest BCUT2D eigenvalue weighted by atomic mass is 19.1. The van der Waals surface area contributed by atoms with Crippen molar-refractivity contribution in [3.8, 4) is 0 Å². The molecular weight excluding hydrogens is 385 g/mol. The second kappa shape index (κ2) is 8.57. The predicted molar refractivity (Wildman–Crippen MR) is 111 cm³/mol. The van der Waals surface area contributed by atoms with E-state index in [-0.39, 0.29) is 6.61 Å². The summed E-state index contributed by atoms with van der Waals surface area (Å²) in [6.07, 6.45) is -2.02. The van der Waals surface area contributed by atoms with Crippen LogP contribution in [0.3, 0.4) is 0 Å². The number of aliphatic imine (C=N–C) groups is 1. The molecule has 0 spiro atoms. The van der Waals surface area contributed by atoms with Crippen LogP contribution in [0.1, 0.15) is 16.7 Å². The van der Waals surface area contributed by atoms with E-state index >= 15 is 0 Å². The number of halogens is 1. The number of hydrogen-bond acceptors (Lipinski definition) is 4. The molecule has 7 heteroatoms. The Morgan fingerprint density at radius 1 is 1.03 bits per heavy atom. The molecule has 0 saturated carbocycles. The van der Waals surface area contributed by atoms with Gasteiger partial charge in [0.25, 0.3) is 5.91 Å². The molecule has 1 heterocycles. The van der Waals surface area contributed by atoms with Crippen LogP contribution in [0.4, 0.5) is 14.9 Å². The number of carbonyl (C=O) groups excluding carboxylic acids is 2. The molecule has 150 valence electrons. The van der Waals surface area contributed by atoms with Crippen LogP contribution in [0.15, 0.2) is 83.9 Å². The van der Waals surface area contributed by atoms with Gasteiger partial charge in [0.05, 0.1) is 11.4 Å². The Kier molecular flexibility index (Phi) is 5.52. The van der Waals surface area contributed by atoms with Gasteiger partial charge in [0.15, 0.2) is 0 Å². The summed E-state index contributed by atoms with van der Waals surface area (Å²) in [5.74, 6) is -0.950. The van der Waals surface area contributed by atoms with E-state index < -0.39 is 24.0 Å². The molecule has 2 amide bonds. The SMILES string of the molecule is O=C(NC1N=C(c2cccc(F)c2)c2ccccc2NC1=O)OCc1ccccc1. The standard InChI is InChI=1S/C23H18FN3O3/c24-17-10-6-9-16(13-17)20-18-11-4-5-12-19(18)25-22(28)21(26-20)27-23(29)30-14-15-7-2-1-3-8-15/h1-13,21H,14H2,(H,25,28)(H,27,29). The van der Waals surface area contributed by atoms with E-state index in [9.17, 15) is 14.0 Å². The van der Waals surface area contributed by atoms with Crippen LogP contribution in [0.5, 0.6) is 0 Å². The van der Waals surface area contributed by atoms with Gasteiger partial charge in [-0.2, -0.15) is 0 Å². The number of nitrogens with one attached hydrogen (secondary N) is 2. The zero-order chi connectivity index (χ0) is 20.9. The average Bonchev–Trinajstić information content (AvgIpc) is 2.89. The number of hydrogen-bond donors (Lipinski definition) is 2. The number of nitrogens with zero attached hydrogens (tertiary/aromatic N) is 1. The van der Waals surface area contributed by atoms with Crippen LogP contribution in [0, 0.1) is 5.82 Å². The van der Waals surface area contributed by atoms with Gasteiger partial charge in [-0.05, 0) is 23.8 Å². The molecule has 3 aromatic carbocycles. The number of rotatable bonds is 4. The number of carbonyl (C=O) groups is 2. The lowest BCUT2D eigenvalue weighted by Crippen LogP contribution is -2.42. The van der Waals surface area contributed by atoms with Gasteiger partial charge in [-0.3, -0.25) is 10.1 Å². The maximum absolute atomic E-state index is 13.8. The zero-order valence-electron chi connectivity index (χ0n) is 15.8. The first kappa shape index (κ1) is 19.3. The summed E-state index contributed by atoms with van der Waals surface area (Å²) in [6.45, 7) is 0.0572. The van der Waals surface area contributed by atoms with E-state index in [4.69, 9.17) is 4.74 Å². The van der Waals surface area contributed by atoms with E-state index in [1.807, 2.05) is 30.3 Å². The summed E-state index contributed by atoms with van der Waals surface area (Å²) in [4.78, 5) is 29.4. The molecule has 2 N–H and O–H groups in total. The van der Waals surface area contributed by atoms with E-state index in [0.717, 1.165) is 5.56 Å². The molecule has 1 aliphatic rings. The molecule has 0 fully saturated rings. The van der Waals surface area contributed by atoms with Gasteiger partial charge in [0.1, 0.15) is 12.4 Å². The van der Waals surface area contributed by atoms with Gasteiger partial charge in [-0.15, -0.1) is 0 Å². The van der Waals surface area contributed by atoms with E-state index in [1.165, 1.54) is 12.1 Å². The number of para-hydroxylation sites is 1. The van der Waals surface area contributed by atoms with Crippen molar-refractivity contribution < 1.29 is 18.7 Å². The molecule has 4 rings (SSSR count). The third-order valence-electron chi connectivity index (χ3n) is 4.51. The number of benzodiazepines with no additional fused rings is 1. The lowest BCUT2D eigenvalue weighted by molar-refractivity contribution is -0.117. The first-order chi connectivity index (χ1) is 14.6. The summed E-state index contributed by atoms with van der Waals surface area (Å²) < 4.78 is 19.0. The topological polar surface area (TPSA) is 79.8 Å². The quantitative estimate of drug-likeness (QED) is 0.694. The highest BCUT2D eigenvalue weighted by Gasteiger charge is 2.27. The van der Waals surface area contributed by atoms with Gasteiger partial charge in [0, 0.05) is 11.1 Å². The maximum Gasteiger partial charge on any atom is 0.409 e. The monoisotopic (exact) mass is 403 g/mol. The molecule has 6 nitrogen and oxygen atoms in total. The number of benzene rings is 3. The Hall–Kier alpha value is -4.00. The number of anilines is 1. The molecule has 0 aromatic heterocycles. The van der Waals surface area contributed by atoms with Gasteiger partial charge in [-0.1, -0.05) is 60.7 Å². The molecule has 0 aliphatic carbocycles. The Balaban J connectivity index is 1.60. The Bertz CT molecular complexity index is 1120. The van der Waals surface area contributed by atoms with Crippen molar-refractivity contribution in [2.45, 2.75) is 12.8 Å². The van der Waals surface area contributed by atoms with Crippen molar-refractivity contribution in [3.63, 3.8) is 0 Å². The fourth-order valence-corrected chi connectivity index (χ4v) is 3.10. The summed E-state index contributed by atoms with van der Waals surface area (Å²) in [7, 11) is 0. The molecule has 1 unspecified atom stereocenters. The Labute approximate surface area is 172 Å². The molecule has 0 saturated heterocycles. The number of ether oxygens (including phenoxy) is 1. The van der Waals surface area contributed by atoms with Gasteiger partial charge in [-0.25, -0.2) is 14.2 Å². The third kappa shape index (κ3) is 4.35. The highest BCUT2D eigenvalue weighted by molar-refractivity contribution is 6.19. The summed E-state index contributed by atoms with van der Waals surface area (Å²) in [5, 5.41) is 5.22. The minimum absolute atomic E-state index is 0.0572. The lowest BCUT2D eigenvalue weighted by atomic mass is 10.0. The highest BCUT2D eigenvalue weighted by Crippen LogP contribution is 2.24. The number of alkyl carbamates (subject to hydrolysis) is 1. The molecule has 1 atom stereocenters. The van der Waals surface area contributed by atoms with Crippen LogP contribution in [-0.2, 0) is 16.1 Å². The molecule has 0 bridgehead atoms. The van der Waals surface area contributed by atoms with Crippen LogP contribution < -0.4 is 10.6 Å². The zero-order valence-corrected chi connectivity index (χ0v) is 15.8. The van der Waals surface area contributed by atoms with Crippen molar-refractivity contribution in [1.82, 2.24) is 5.32 Å². The first-order valence-electron chi connectivity index (χ1n) is 9.31. The van der Waals surface area contributed by atoms with E-state index in [2.05, 4.69) is 15.6 Å². The molecule has 1 aliphatic heterocycles. The molecule has 3 aromatic rings. The van der Waals surface area contributed by atoms with Gasteiger partial charge in [0.2, 0.25) is 6.17 Å². The second-order valence-electron chi connectivity index (χ2n) is 6.63. The van der Waals surface area contributed by atoms with Gasteiger partial charge < -0.3 is 10.1 Å². The number of fused-ring (bicyclic) bond motifs is 1. The smallest absolute Gasteiger partial charge is 0.409 e. The Morgan fingerprint density at radius 2 is 1.80 bits per heavy atom. The summed E-state index contributed by atoms with van der Waals surface area (Å²) in [5.41, 5.74) is 2.83. The molecular formula is C23H18FN3O3. The first-order valence-corrected chi connectivity index (χ1v) is 9.31. The summed E-state index contributed by atoms with van der Waals surface area (Å²) in [6, 6.07) is 22.1. The average molecular weight is 403 g/mol. The van der Waals surface area contributed by atoms with Crippen LogP contribution in [0.25, 0.3) is 0 Å². The van der Waals surface area contributed by atoms with E-state index in [1.54, 1.807) is 36.4 Å². The van der Waals surface area contributed by atoms with Crippen molar-refractivity contribution in [2.75, 3.05) is 5.32 Å². The predicted octanol–water partition coefficient (Wildman–Crippen LogP) is 3.87. The van der Waals surface area contributed by atoms with Crippen molar-refractivity contribution in [1.29, 1.82) is 0 Å². The summed E-state index contributed by atoms with van der Waals surface area (Å²) >= 11 is 0. The lowest BCUT2D eigenvalue weighted by Gasteiger charge is -2.13. The second-order valence-corrected chi connectivity index (χ2v) is 6.63. The van der Waals surface area contributed by atoms with Crippen molar-refractivity contribution in [3.05, 3.63) is 101 Å².